The molecular weight excluding hydrogens is 168 g/mol. The number of hydrogen-bond acceptors (Lipinski definition) is 3. The van der Waals surface area contributed by atoms with Crippen molar-refractivity contribution in [3.05, 3.63) is 35.4 Å². The molecule has 0 unspecified atom stereocenters. The Bertz CT molecular complexity index is 386. The molecule has 3 nitrogen and oxygen atoms in total. The normalized spacial score (nSPS) is 35.2. The second-order valence-electron chi connectivity index (χ2n) is 3.42. The number of fused-ring (bicyclic) bond motifs is 2. The van der Waals surface area contributed by atoms with Crippen LogP contribution in [-0.4, -0.2) is 23.1 Å². The van der Waals surface area contributed by atoms with E-state index < -0.39 is 6.10 Å². The van der Waals surface area contributed by atoms with Gasteiger partial charge in [0.2, 0.25) is 0 Å². The Hall–Kier alpha value is -1.19. The van der Waals surface area contributed by atoms with E-state index >= 15 is 0 Å². The van der Waals surface area contributed by atoms with Gasteiger partial charge in [0.1, 0.15) is 18.3 Å². The van der Waals surface area contributed by atoms with Gasteiger partial charge in [0.25, 0.3) is 0 Å². The van der Waals surface area contributed by atoms with Gasteiger partial charge in [-0.2, -0.15) is 0 Å². The van der Waals surface area contributed by atoms with Crippen molar-refractivity contribution in [3.63, 3.8) is 0 Å². The van der Waals surface area contributed by atoms with Crippen LogP contribution in [0.5, 0.6) is 0 Å². The van der Waals surface area contributed by atoms with Crippen molar-refractivity contribution in [2.45, 2.75) is 18.3 Å². The van der Waals surface area contributed by atoms with Gasteiger partial charge in [-0.1, -0.05) is 24.3 Å². The number of aliphatic hydroxyl groups is 1. The molecule has 1 aromatic carbocycles. The van der Waals surface area contributed by atoms with Crippen LogP contribution in [0.2, 0.25) is 0 Å². The van der Waals surface area contributed by atoms with E-state index in [9.17, 15) is 9.90 Å². The third-order valence-electron chi connectivity index (χ3n) is 2.64. The summed E-state index contributed by atoms with van der Waals surface area (Å²) in [6.45, 7) is 0. The predicted molar refractivity (Wildman–Crippen MR) is 44.4 cm³/mol. The molecule has 3 heteroatoms. The Balaban J connectivity index is 2.20. The lowest BCUT2D eigenvalue weighted by Crippen LogP contribution is -2.23. The van der Waals surface area contributed by atoms with Crippen molar-refractivity contribution < 1.29 is 14.6 Å². The minimum atomic E-state index is -0.626. The molecule has 0 radical (unpaired) electrons. The number of ketones is 1. The Labute approximate surface area is 74.9 Å². The number of rotatable bonds is 0. The molecule has 1 saturated heterocycles. The molecule has 0 amide bonds. The topological polar surface area (TPSA) is 49.8 Å². The number of benzene rings is 1. The molecule has 2 aliphatic rings. The fourth-order valence-corrected chi connectivity index (χ4v) is 1.88. The van der Waals surface area contributed by atoms with Gasteiger partial charge in [0.15, 0.2) is 5.78 Å². The van der Waals surface area contributed by atoms with Gasteiger partial charge in [0.05, 0.1) is 0 Å². The largest absolute Gasteiger partial charge is 0.386 e. The van der Waals surface area contributed by atoms with E-state index in [0.717, 1.165) is 0 Å². The summed E-state index contributed by atoms with van der Waals surface area (Å²) < 4.78 is 5.09. The molecule has 1 heterocycles. The van der Waals surface area contributed by atoms with E-state index in [-0.39, 0.29) is 18.0 Å². The second-order valence-corrected chi connectivity index (χ2v) is 3.42. The van der Waals surface area contributed by atoms with E-state index in [1.807, 2.05) is 6.07 Å². The van der Waals surface area contributed by atoms with Crippen LogP contribution in [-0.2, 0) is 4.74 Å². The van der Waals surface area contributed by atoms with Gasteiger partial charge in [0, 0.05) is 5.56 Å². The molecule has 0 bridgehead atoms. The van der Waals surface area contributed by atoms with E-state index in [1.54, 1.807) is 18.2 Å². The molecule has 3 atom stereocenters. The number of carbonyl (C=O) groups excluding carboxylic acids is 1. The molecule has 0 saturated carbocycles. The van der Waals surface area contributed by atoms with Gasteiger partial charge < -0.3 is 9.84 Å². The lowest BCUT2D eigenvalue weighted by molar-refractivity contribution is 0.0941. The van der Waals surface area contributed by atoms with Gasteiger partial charge in [-0.05, 0) is 5.56 Å². The van der Waals surface area contributed by atoms with Crippen LogP contribution >= 0.6 is 0 Å². The zero-order valence-corrected chi connectivity index (χ0v) is 6.81. The second kappa shape index (κ2) is 2.19. The minimum Gasteiger partial charge on any atom is -0.386 e. The SMILES string of the molecule is O=C1c2ccccc2[C@@H](O)[C@H]2O[C@@H]12. The third-order valence-corrected chi connectivity index (χ3v) is 2.64. The summed E-state index contributed by atoms with van der Waals surface area (Å²) in [5.74, 6) is 0.00546. The molecule has 1 aliphatic heterocycles. The smallest absolute Gasteiger partial charge is 0.194 e. The highest BCUT2D eigenvalue weighted by molar-refractivity contribution is 6.04. The van der Waals surface area contributed by atoms with Crippen molar-refractivity contribution in [3.8, 4) is 0 Å². The quantitative estimate of drug-likeness (QED) is 0.591. The summed E-state index contributed by atoms with van der Waals surface area (Å²) in [4.78, 5) is 11.6. The fraction of sp³-hybridized carbons (Fsp3) is 0.300. The first-order valence-corrected chi connectivity index (χ1v) is 4.26. The monoisotopic (exact) mass is 176 g/mol. The molecule has 0 aromatic heterocycles. The van der Waals surface area contributed by atoms with Crippen LogP contribution in [0.15, 0.2) is 24.3 Å². The maximum Gasteiger partial charge on any atom is 0.194 e. The van der Waals surface area contributed by atoms with Crippen LogP contribution in [0.3, 0.4) is 0 Å². The maximum absolute atomic E-state index is 11.6. The summed E-state index contributed by atoms with van der Waals surface area (Å²) in [6, 6.07) is 7.12. The highest BCUT2D eigenvalue weighted by atomic mass is 16.6. The van der Waals surface area contributed by atoms with Crippen molar-refractivity contribution in [1.82, 2.24) is 0 Å². The first-order valence-electron chi connectivity index (χ1n) is 4.26. The van der Waals surface area contributed by atoms with Crippen LogP contribution in [0, 0.1) is 0 Å². The summed E-state index contributed by atoms with van der Waals surface area (Å²) >= 11 is 0. The van der Waals surface area contributed by atoms with Crippen molar-refractivity contribution in [1.29, 1.82) is 0 Å². The summed E-state index contributed by atoms with van der Waals surface area (Å²) in [5.41, 5.74) is 1.31. The predicted octanol–water partition coefficient (Wildman–Crippen LogP) is 0.684. The Morgan fingerprint density at radius 1 is 1.31 bits per heavy atom. The van der Waals surface area contributed by atoms with Crippen molar-refractivity contribution in [2.24, 2.45) is 0 Å². The summed E-state index contributed by atoms with van der Waals surface area (Å²) in [5, 5.41) is 9.71. The number of aliphatic hydroxyl groups excluding tert-OH is 1. The van der Waals surface area contributed by atoms with Gasteiger partial charge in [-0.3, -0.25) is 4.79 Å². The highest BCUT2D eigenvalue weighted by Crippen LogP contribution is 2.42. The zero-order valence-electron chi connectivity index (χ0n) is 6.81. The molecule has 3 rings (SSSR count). The summed E-state index contributed by atoms with van der Waals surface area (Å²) in [7, 11) is 0. The fourth-order valence-electron chi connectivity index (χ4n) is 1.88. The number of ether oxygens (including phenoxy) is 1. The maximum atomic E-state index is 11.6. The molecule has 1 aromatic rings. The lowest BCUT2D eigenvalue weighted by atomic mass is 9.89. The van der Waals surface area contributed by atoms with Gasteiger partial charge in [-0.25, -0.2) is 0 Å². The molecule has 13 heavy (non-hydrogen) atoms. The Kier molecular flexibility index (Phi) is 1.22. The first kappa shape index (κ1) is 7.24. The molecule has 66 valence electrons. The van der Waals surface area contributed by atoms with E-state index in [4.69, 9.17) is 4.74 Å². The van der Waals surface area contributed by atoms with E-state index in [2.05, 4.69) is 0 Å². The van der Waals surface area contributed by atoms with Crippen LogP contribution in [0.1, 0.15) is 22.0 Å². The number of hydrogen-bond donors (Lipinski definition) is 1. The Morgan fingerprint density at radius 3 is 2.92 bits per heavy atom. The molecule has 1 N–H and O–H groups in total. The van der Waals surface area contributed by atoms with Gasteiger partial charge >= 0.3 is 0 Å². The van der Waals surface area contributed by atoms with Crippen molar-refractivity contribution >= 4 is 5.78 Å². The summed E-state index contributed by atoms with van der Waals surface area (Å²) in [6.07, 6.45) is -1.30. The standard InChI is InChI=1S/C10H8O3/c11-7-5-3-1-2-4-6(5)8(12)10-9(7)13-10/h1-4,7,9-11H/t7-,9-,10+/m1/s1. The van der Waals surface area contributed by atoms with Crippen molar-refractivity contribution in [2.75, 3.05) is 0 Å². The first-order chi connectivity index (χ1) is 6.29. The number of Topliss-reactive ketones (excluding diaryl/α,β-unsaturated/α-hetero) is 1. The lowest BCUT2D eigenvalue weighted by Gasteiger charge is -2.15. The average molecular weight is 176 g/mol. The minimum absolute atomic E-state index is 0.00546. The van der Waals surface area contributed by atoms with Crippen LogP contribution in [0.4, 0.5) is 0 Å². The van der Waals surface area contributed by atoms with Crippen LogP contribution < -0.4 is 0 Å². The number of carbonyl (C=O) groups is 1. The van der Waals surface area contributed by atoms with Gasteiger partial charge in [-0.15, -0.1) is 0 Å². The molecule has 1 fully saturated rings. The molecule has 0 spiro atoms. The number of epoxide rings is 1. The third kappa shape index (κ3) is 0.829. The van der Waals surface area contributed by atoms with E-state index in [1.165, 1.54) is 0 Å². The average Bonchev–Trinajstić information content (AvgIpc) is 2.94. The highest BCUT2D eigenvalue weighted by Gasteiger charge is 2.54. The zero-order chi connectivity index (χ0) is 9.00. The molecule has 1 aliphatic carbocycles. The Morgan fingerprint density at radius 2 is 2.08 bits per heavy atom. The van der Waals surface area contributed by atoms with E-state index in [0.29, 0.717) is 11.1 Å². The van der Waals surface area contributed by atoms with Crippen LogP contribution in [0.25, 0.3) is 0 Å². The molecular formula is C10H8O3.